The predicted octanol–water partition coefficient (Wildman–Crippen LogP) is -1.82. The molecule has 0 aromatic rings. The Kier molecular flexibility index (Phi) is 4.97. The summed E-state index contributed by atoms with van der Waals surface area (Å²) >= 11 is 3.20. The van der Waals surface area contributed by atoms with Gasteiger partial charge in [0.25, 0.3) is 0 Å². The smallest absolute Gasteiger partial charge is 0.848 e. The van der Waals surface area contributed by atoms with E-state index < -0.39 is 6.10 Å². The summed E-state index contributed by atoms with van der Waals surface area (Å²) < 4.78 is 0.851. The third kappa shape index (κ3) is 2.91. The van der Waals surface area contributed by atoms with E-state index in [0.29, 0.717) is 0 Å². The van der Waals surface area contributed by atoms with Gasteiger partial charge in [-0.15, -0.1) is 0 Å². The van der Waals surface area contributed by atoms with Crippen molar-refractivity contribution in [2.24, 2.45) is 0 Å². The van der Waals surface area contributed by atoms with Crippen molar-refractivity contribution in [3.63, 3.8) is 0 Å². The van der Waals surface area contributed by atoms with Gasteiger partial charge in [0.2, 0.25) is 0 Å². The molecule has 0 aliphatic heterocycles. The third-order valence-corrected chi connectivity index (χ3v) is 2.15. The second-order valence-electron chi connectivity index (χ2n) is 2.01. The molecule has 0 aromatic heterocycles. The van der Waals surface area contributed by atoms with Gasteiger partial charge in [-0.05, 0) is 10.9 Å². The summed E-state index contributed by atoms with van der Waals surface area (Å²) in [5.41, 5.74) is 0. The summed E-state index contributed by atoms with van der Waals surface area (Å²) in [4.78, 5) is 0. The number of halogens is 1. The fourth-order valence-corrected chi connectivity index (χ4v) is 1.27. The SMILES string of the molecule is [Li+].[O-][C@@H]1CCCC=C1Br. The van der Waals surface area contributed by atoms with Crippen LogP contribution >= 0.6 is 15.9 Å². The molecule has 0 spiro atoms. The van der Waals surface area contributed by atoms with Gasteiger partial charge in [0.1, 0.15) is 0 Å². The van der Waals surface area contributed by atoms with E-state index in [1.807, 2.05) is 6.08 Å². The largest absolute Gasteiger partial charge is 1.00 e. The van der Waals surface area contributed by atoms with Crippen molar-refractivity contribution in [2.75, 3.05) is 0 Å². The van der Waals surface area contributed by atoms with Crippen molar-refractivity contribution in [2.45, 2.75) is 25.4 Å². The molecule has 1 atom stereocenters. The molecule has 1 rings (SSSR count). The van der Waals surface area contributed by atoms with Gasteiger partial charge in [-0.3, -0.25) is 0 Å². The Balaban J connectivity index is 0.000000640. The van der Waals surface area contributed by atoms with Gasteiger partial charge in [-0.25, -0.2) is 0 Å². The molecule has 0 bridgehead atoms. The van der Waals surface area contributed by atoms with Crippen molar-refractivity contribution in [1.29, 1.82) is 0 Å². The molecule has 0 N–H and O–H groups in total. The summed E-state index contributed by atoms with van der Waals surface area (Å²) in [7, 11) is 0. The Morgan fingerprint density at radius 2 is 2.33 bits per heavy atom. The van der Waals surface area contributed by atoms with Crippen LogP contribution in [0.2, 0.25) is 0 Å². The van der Waals surface area contributed by atoms with Crippen LogP contribution in [-0.4, -0.2) is 6.10 Å². The molecule has 0 saturated heterocycles. The molecule has 46 valence electrons. The van der Waals surface area contributed by atoms with E-state index in [0.717, 1.165) is 23.7 Å². The van der Waals surface area contributed by atoms with Crippen LogP contribution in [0.3, 0.4) is 0 Å². The Bertz CT molecular complexity index is 114. The normalized spacial score (nSPS) is 26.4. The zero-order valence-electron chi connectivity index (χ0n) is 5.56. The maximum absolute atomic E-state index is 10.8. The van der Waals surface area contributed by atoms with Crippen molar-refractivity contribution < 1.29 is 24.0 Å². The Labute approximate surface area is 75.8 Å². The molecule has 0 heterocycles. The van der Waals surface area contributed by atoms with Crippen LogP contribution in [0.1, 0.15) is 19.3 Å². The summed E-state index contributed by atoms with van der Waals surface area (Å²) in [6, 6.07) is 0. The van der Waals surface area contributed by atoms with E-state index in [1.54, 1.807) is 0 Å². The van der Waals surface area contributed by atoms with Gasteiger partial charge in [0.05, 0.1) is 0 Å². The fourth-order valence-electron chi connectivity index (χ4n) is 0.813. The molecule has 0 fully saturated rings. The molecule has 3 heteroatoms. The van der Waals surface area contributed by atoms with E-state index in [4.69, 9.17) is 0 Å². The van der Waals surface area contributed by atoms with Crippen LogP contribution in [-0.2, 0) is 0 Å². The molecule has 1 nitrogen and oxygen atoms in total. The van der Waals surface area contributed by atoms with E-state index in [2.05, 4.69) is 15.9 Å². The van der Waals surface area contributed by atoms with Crippen LogP contribution in [0.5, 0.6) is 0 Å². The van der Waals surface area contributed by atoms with Gasteiger partial charge >= 0.3 is 18.9 Å². The van der Waals surface area contributed by atoms with Crippen molar-refractivity contribution in [1.82, 2.24) is 0 Å². The minimum atomic E-state index is -0.469. The van der Waals surface area contributed by atoms with Crippen LogP contribution in [0.25, 0.3) is 0 Å². The second-order valence-corrected chi connectivity index (χ2v) is 2.92. The van der Waals surface area contributed by atoms with E-state index in [1.165, 1.54) is 0 Å². The first-order valence-corrected chi connectivity index (χ1v) is 3.61. The Morgan fingerprint density at radius 3 is 2.67 bits per heavy atom. The van der Waals surface area contributed by atoms with Crippen LogP contribution in [0.4, 0.5) is 0 Å². The van der Waals surface area contributed by atoms with E-state index in [9.17, 15) is 5.11 Å². The predicted molar refractivity (Wildman–Crippen MR) is 34.6 cm³/mol. The summed E-state index contributed by atoms with van der Waals surface area (Å²) in [6.45, 7) is 0. The maximum atomic E-state index is 10.8. The molecule has 0 saturated carbocycles. The first-order chi connectivity index (χ1) is 3.80. The molecule has 1 aliphatic carbocycles. The zero-order chi connectivity index (χ0) is 5.98. The quantitative estimate of drug-likeness (QED) is 0.405. The van der Waals surface area contributed by atoms with Crippen molar-refractivity contribution in [3.8, 4) is 0 Å². The number of allylic oxidation sites excluding steroid dienone is 1. The second kappa shape index (κ2) is 4.57. The topological polar surface area (TPSA) is 23.1 Å². The van der Waals surface area contributed by atoms with E-state index >= 15 is 0 Å². The van der Waals surface area contributed by atoms with Gasteiger partial charge in [0, 0.05) is 0 Å². The monoisotopic (exact) mass is 182 g/mol. The van der Waals surface area contributed by atoms with Crippen LogP contribution in [0.15, 0.2) is 10.6 Å². The average Bonchev–Trinajstić information content (AvgIpc) is 1.77. The molecule has 0 unspecified atom stereocenters. The summed E-state index contributed by atoms with van der Waals surface area (Å²) in [5.74, 6) is 0. The average molecular weight is 183 g/mol. The van der Waals surface area contributed by atoms with Gasteiger partial charge in [-0.1, -0.05) is 41.0 Å². The third-order valence-electron chi connectivity index (χ3n) is 1.32. The van der Waals surface area contributed by atoms with E-state index in [-0.39, 0.29) is 18.9 Å². The minimum absolute atomic E-state index is 0. The minimum Gasteiger partial charge on any atom is -0.848 e. The van der Waals surface area contributed by atoms with Gasteiger partial charge in [-0.2, -0.15) is 0 Å². The van der Waals surface area contributed by atoms with Crippen molar-refractivity contribution in [3.05, 3.63) is 10.6 Å². The van der Waals surface area contributed by atoms with Crippen LogP contribution in [0, 0.1) is 0 Å². The zero-order valence-corrected chi connectivity index (χ0v) is 7.15. The van der Waals surface area contributed by atoms with Gasteiger partial charge < -0.3 is 5.11 Å². The fraction of sp³-hybridized carbons (Fsp3) is 0.667. The number of hydrogen-bond donors (Lipinski definition) is 0. The standard InChI is InChI=1S/C6H8BrO.Li/c7-5-3-1-2-4-6(5)8;/h3,6H,1-2,4H2;/q-1;+1/t6-;/m1./s1. The van der Waals surface area contributed by atoms with Crippen molar-refractivity contribution >= 4 is 15.9 Å². The number of hydrogen-bond acceptors (Lipinski definition) is 1. The first kappa shape index (κ1) is 9.78. The maximum Gasteiger partial charge on any atom is 1.00 e. The Hall–Kier alpha value is 0.777. The molecular formula is C6H8BrLiO. The summed E-state index contributed by atoms with van der Waals surface area (Å²) in [6.07, 6.45) is 4.43. The number of rotatable bonds is 0. The molecule has 1 aliphatic rings. The Morgan fingerprint density at radius 1 is 1.67 bits per heavy atom. The molecule has 0 radical (unpaired) electrons. The molecule has 0 aromatic carbocycles. The van der Waals surface area contributed by atoms with Crippen LogP contribution < -0.4 is 24.0 Å². The molecule has 9 heavy (non-hydrogen) atoms. The first-order valence-electron chi connectivity index (χ1n) is 2.82. The molecular weight excluding hydrogens is 175 g/mol. The molecule has 0 amide bonds. The van der Waals surface area contributed by atoms with Gasteiger partial charge in [0.15, 0.2) is 0 Å². The summed E-state index contributed by atoms with van der Waals surface area (Å²) in [5, 5.41) is 10.8.